The third-order valence-electron chi connectivity index (χ3n) is 3.67. The predicted octanol–water partition coefficient (Wildman–Crippen LogP) is 2.58. The first-order valence-corrected chi connectivity index (χ1v) is 8.19. The van der Waals surface area contributed by atoms with Crippen molar-refractivity contribution in [2.75, 3.05) is 0 Å². The van der Waals surface area contributed by atoms with Crippen molar-refractivity contribution in [3.05, 3.63) is 30.1 Å². The molecule has 0 heterocycles. The molecule has 1 aliphatic carbocycles. The van der Waals surface area contributed by atoms with Gasteiger partial charge < -0.3 is 0 Å². The lowest BCUT2D eigenvalue weighted by Crippen LogP contribution is -2.40. The lowest BCUT2D eigenvalue weighted by molar-refractivity contribution is 0.324. The maximum atomic E-state index is 12.8. The standard InChI is InChI=1S/C14H17FN2O2S/c15-12-6-8-13(9-7-12)20(18,19)17-14(10-16)11-4-2-1-3-5-11/h6-9,11,14,17H,1-5H2. The summed E-state index contributed by atoms with van der Waals surface area (Å²) in [6.07, 6.45) is 4.93. The number of halogens is 1. The van der Waals surface area contributed by atoms with Crippen LogP contribution >= 0.6 is 0 Å². The molecule has 1 fully saturated rings. The highest BCUT2D eigenvalue weighted by Gasteiger charge is 2.28. The van der Waals surface area contributed by atoms with Gasteiger partial charge in [-0.15, -0.1) is 0 Å². The molecule has 0 amide bonds. The van der Waals surface area contributed by atoms with Gasteiger partial charge in [-0.2, -0.15) is 9.98 Å². The molecule has 6 heteroatoms. The highest BCUT2D eigenvalue weighted by Crippen LogP contribution is 2.27. The van der Waals surface area contributed by atoms with E-state index >= 15 is 0 Å². The van der Waals surface area contributed by atoms with Gasteiger partial charge in [-0.05, 0) is 43.0 Å². The van der Waals surface area contributed by atoms with Crippen LogP contribution in [0.1, 0.15) is 32.1 Å². The number of hydrogen-bond acceptors (Lipinski definition) is 3. The van der Waals surface area contributed by atoms with Crippen LogP contribution in [0.2, 0.25) is 0 Å². The van der Waals surface area contributed by atoms with E-state index in [-0.39, 0.29) is 10.8 Å². The summed E-state index contributed by atoms with van der Waals surface area (Å²) < 4.78 is 39.6. The van der Waals surface area contributed by atoms with Gasteiger partial charge in [-0.1, -0.05) is 19.3 Å². The molecule has 0 spiro atoms. The molecule has 4 nitrogen and oxygen atoms in total. The number of sulfonamides is 1. The third-order valence-corrected chi connectivity index (χ3v) is 5.12. The van der Waals surface area contributed by atoms with Gasteiger partial charge in [0.15, 0.2) is 0 Å². The molecule has 1 N–H and O–H groups in total. The van der Waals surface area contributed by atoms with E-state index in [1.165, 1.54) is 12.1 Å². The van der Waals surface area contributed by atoms with Gasteiger partial charge in [0.25, 0.3) is 0 Å². The van der Waals surface area contributed by atoms with E-state index in [2.05, 4.69) is 4.72 Å². The molecule has 1 aromatic carbocycles. The van der Waals surface area contributed by atoms with Crippen LogP contribution in [0.15, 0.2) is 29.2 Å². The minimum Gasteiger partial charge on any atom is -0.207 e. The van der Waals surface area contributed by atoms with Gasteiger partial charge >= 0.3 is 0 Å². The van der Waals surface area contributed by atoms with Crippen LogP contribution in [0, 0.1) is 23.1 Å². The van der Waals surface area contributed by atoms with Crippen molar-refractivity contribution >= 4 is 10.0 Å². The molecule has 1 aliphatic rings. The van der Waals surface area contributed by atoms with Crippen molar-refractivity contribution in [1.82, 2.24) is 4.72 Å². The largest absolute Gasteiger partial charge is 0.241 e. The first-order chi connectivity index (χ1) is 9.53. The van der Waals surface area contributed by atoms with Crippen LogP contribution in [0.4, 0.5) is 4.39 Å². The van der Waals surface area contributed by atoms with Crippen LogP contribution in [-0.4, -0.2) is 14.5 Å². The summed E-state index contributed by atoms with van der Waals surface area (Å²) in [5.74, 6) is -0.433. The summed E-state index contributed by atoms with van der Waals surface area (Å²) in [5, 5.41) is 9.20. The van der Waals surface area contributed by atoms with Gasteiger partial charge in [0.2, 0.25) is 10.0 Å². The van der Waals surface area contributed by atoms with Gasteiger partial charge in [0.1, 0.15) is 11.9 Å². The highest BCUT2D eigenvalue weighted by molar-refractivity contribution is 7.89. The van der Waals surface area contributed by atoms with Crippen molar-refractivity contribution in [2.45, 2.75) is 43.0 Å². The molecule has 0 saturated heterocycles. The van der Waals surface area contributed by atoms with Gasteiger partial charge in [-0.25, -0.2) is 12.8 Å². The molecule has 108 valence electrons. The van der Waals surface area contributed by atoms with Crippen LogP contribution in [0.25, 0.3) is 0 Å². The Hall–Kier alpha value is -1.45. The van der Waals surface area contributed by atoms with Gasteiger partial charge in [0, 0.05) is 0 Å². The molecule has 20 heavy (non-hydrogen) atoms. The first kappa shape index (κ1) is 14.9. The Morgan fingerprint density at radius 2 is 1.80 bits per heavy atom. The zero-order valence-corrected chi connectivity index (χ0v) is 11.9. The van der Waals surface area contributed by atoms with E-state index < -0.39 is 21.9 Å². The maximum absolute atomic E-state index is 12.8. The molecular weight excluding hydrogens is 279 g/mol. The predicted molar refractivity (Wildman–Crippen MR) is 72.7 cm³/mol. The first-order valence-electron chi connectivity index (χ1n) is 6.70. The maximum Gasteiger partial charge on any atom is 0.241 e. The van der Waals surface area contributed by atoms with Crippen molar-refractivity contribution in [3.63, 3.8) is 0 Å². The van der Waals surface area contributed by atoms with E-state index in [4.69, 9.17) is 0 Å². The molecule has 1 unspecified atom stereocenters. The molecule has 2 rings (SSSR count). The Kier molecular flexibility index (Phi) is 4.73. The normalized spacial score (nSPS) is 18.4. The SMILES string of the molecule is N#CC(NS(=O)(=O)c1ccc(F)cc1)C1CCCCC1. The number of benzene rings is 1. The second-order valence-electron chi connectivity index (χ2n) is 5.08. The minimum absolute atomic E-state index is 0.0186. The van der Waals surface area contributed by atoms with Crippen molar-refractivity contribution in [3.8, 4) is 6.07 Å². The number of hydrogen-bond donors (Lipinski definition) is 1. The van der Waals surface area contributed by atoms with Crippen LogP contribution in [0.5, 0.6) is 0 Å². The molecule has 1 atom stereocenters. The van der Waals surface area contributed by atoms with E-state index in [0.717, 1.165) is 44.2 Å². The highest BCUT2D eigenvalue weighted by atomic mass is 32.2. The zero-order valence-electron chi connectivity index (χ0n) is 11.0. The van der Waals surface area contributed by atoms with E-state index in [1.54, 1.807) is 0 Å². The number of nitrogens with zero attached hydrogens (tertiary/aromatic N) is 1. The average molecular weight is 296 g/mol. The third kappa shape index (κ3) is 3.56. The Labute approximate surface area is 118 Å². The molecule has 0 aromatic heterocycles. The monoisotopic (exact) mass is 296 g/mol. The Balaban J connectivity index is 2.13. The van der Waals surface area contributed by atoms with Crippen LogP contribution in [0.3, 0.4) is 0 Å². The second kappa shape index (κ2) is 6.33. The summed E-state index contributed by atoms with van der Waals surface area (Å²) in [7, 11) is -3.78. The lowest BCUT2D eigenvalue weighted by atomic mass is 9.85. The molecule has 0 bridgehead atoms. The zero-order chi connectivity index (χ0) is 14.6. The van der Waals surface area contributed by atoms with Crippen molar-refractivity contribution in [2.24, 2.45) is 5.92 Å². The quantitative estimate of drug-likeness (QED) is 0.928. The van der Waals surface area contributed by atoms with E-state index in [9.17, 15) is 18.1 Å². The minimum atomic E-state index is -3.78. The molecule has 1 aromatic rings. The molecular formula is C14H17FN2O2S. The van der Waals surface area contributed by atoms with E-state index in [0.29, 0.717) is 0 Å². The number of rotatable bonds is 4. The fraction of sp³-hybridized carbons (Fsp3) is 0.500. The molecule has 1 saturated carbocycles. The number of nitriles is 1. The fourth-order valence-corrected chi connectivity index (χ4v) is 3.75. The molecule has 0 radical (unpaired) electrons. The Morgan fingerprint density at radius 3 is 2.35 bits per heavy atom. The van der Waals surface area contributed by atoms with Crippen molar-refractivity contribution in [1.29, 1.82) is 5.26 Å². The van der Waals surface area contributed by atoms with Gasteiger partial charge in [0.05, 0.1) is 11.0 Å². The summed E-state index contributed by atoms with van der Waals surface area (Å²) in [6, 6.07) is 5.92. The summed E-state index contributed by atoms with van der Waals surface area (Å²) in [6.45, 7) is 0. The fourth-order valence-electron chi connectivity index (χ4n) is 2.54. The smallest absolute Gasteiger partial charge is 0.207 e. The summed E-state index contributed by atoms with van der Waals surface area (Å²) in [4.78, 5) is -0.0186. The average Bonchev–Trinajstić information content (AvgIpc) is 2.46. The topological polar surface area (TPSA) is 70.0 Å². The lowest BCUT2D eigenvalue weighted by Gasteiger charge is -2.26. The van der Waals surface area contributed by atoms with E-state index in [1.807, 2.05) is 6.07 Å². The second-order valence-corrected chi connectivity index (χ2v) is 6.79. The van der Waals surface area contributed by atoms with Crippen LogP contribution < -0.4 is 4.72 Å². The summed E-state index contributed by atoms with van der Waals surface area (Å²) in [5.41, 5.74) is 0. The van der Waals surface area contributed by atoms with Crippen LogP contribution in [-0.2, 0) is 10.0 Å². The summed E-state index contributed by atoms with van der Waals surface area (Å²) >= 11 is 0. The van der Waals surface area contributed by atoms with Crippen molar-refractivity contribution < 1.29 is 12.8 Å². The number of nitrogens with one attached hydrogen (secondary N) is 1. The Bertz CT molecular complexity index is 587. The van der Waals surface area contributed by atoms with Gasteiger partial charge in [-0.3, -0.25) is 0 Å². The Morgan fingerprint density at radius 1 is 1.20 bits per heavy atom. The molecule has 0 aliphatic heterocycles.